The van der Waals surface area contributed by atoms with E-state index in [-0.39, 0.29) is 0 Å². The SMILES string of the molecule is Nc1cccc(Cl)c1S(=O)CCCOc1ccccc1. The van der Waals surface area contributed by atoms with Crippen LogP contribution in [0, 0.1) is 0 Å². The Morgan fingerprint density at radius 3 is 2.55 bits per heavy atom. The summed E-state index contributed by atoms with van der Waals surface area (Å²) in [7, 11) is -1.20. The number of para-hydroxylation sites is 1. The van der Waals surface area contributed by atoms with Crippen molar-refractivity contribution in [2.75, 3.05) is 18.1 Å². The molecule has 1 unspecified atom stereocenters. The fourth-order valence-corrected chi connectivity index (χ4v) is 3.41. The topological polar surface area (TPSA) is 52.3 Å². The molecule has 0 heterocycles. The molecule has 0 bridgehead atoms. The van der Waals surface area contributed by atoms with Gasteiger partial charge in [0, 0.05) is 11.4 Å². The third-order valence-electron chi connectivity index (χ3n) is 2.71. The minimum absolute atomic E-state index is 0.451. The minimum Gasteiger partial charge on any atom is -0.494 e. The Balaban J connectivity index is 1.84. The summed E-state index contributed by atoms with van der Waals surface area (Å²) >= 11 is 6.03. The van der Waals surface area contributed by atoms with E-state index in [4.69, 9.17) is 22.1 Å². The maximum absolute atomic E-state index is 12.2. The van der Waals surface area contributed by atoms with Crippen LogP contribution in [0.15, 0.2) is 53.4 Å². The van der Waals surface area contributed by atoms with Crippen LogP contribution in [0.2, 0.25) is 5.02 Å². The van der Waals surface area contributed by atoms with E-state index < -0.39 is 10.8 Å². The lowest BCUT2D eigenvalue weighted by Crippen LogP contribution is -2.07. The monoisotopic (exact) mass is 309 g/mol. The lowest BCUT2D eigenvalue weighted by molar-refractivity contribution is 0.318. The van der Waals surface area contributed by atoms with Gasteiger partial charge in [0.05, 0.1) is 27.3 Å². The molecule has 0 amide bonds. The molecule has 2 aromatic rings. The Hall–Kier alpha value is -1.52. The van der Waals surface area contributed by atoms with Crippen molar-refractivity contribution >= 4 is 28.1 Å². The summed E-state index contributed by atoms with van der Waals surface area (Å²) < 4.78 is 17.7. The van der Waals surface area contributed by atoms with Crippen LogP contribution in [0.5, 0.6) is 5.75 Å². The number of nitrogens with two attached hydrogens (primary N) is 1. The van der Waals surface area contributed by atoms with E-state index in [9.17, 15) is 4.21 Å². The highest BCUT2D eigenvalue weighted by Gasteiger charge is 2.12. The predicted octanol–water partition coefficient (Wildman–Crippen LogP) is 3.50. The average Bonchev–Trinajstić information content (AvgIpc) is 2.44. The summed E-state index contributed by atoms with van der Waals surface area (Å²) in [6.07, 6.45) is 0.673. The number of hydrogen-bond acceptors (Lipinski definition) is 3. The molecule has 2 N–H and O–H groups in total. The molecule has 0 spiro atoms. The van der Waals surface area contributed by atoms with E-state index in [1.54, 1.807) is 18.2 Å². The van der Waals surface area contributed by atoms with Gasteiger partial charge in [0.1, 0.15) is 5.75 Å². The first-order valence-corrected chi connectivity index (χ1v) is 7.98. The highest BCUT2D eigenvalue weighted by atomic mass is 35.5. The van der Waals surface area contributed by atoms with Gasteiger partial charge in [-0.3, -0.25) is 4.21 Å². The number of nitrogen functional groups attached to an aromatic ring is 1. The van der Waals surface area contributed by atoms with Gasteiger partial charge in [0.15, 0.2) is 0 Å². The van der Waals surface area contributed by atoms with Gasteiger partial charge in [-0.15, -0.1) is 0 Å². The molecule has 2 rings (SSSR count). The molecule has 106 valence electrons. The summed E-state index contributed by atoms with van der Waals surface area (Å²) in [4.78, 5) is 0.522. The van der Waals surface area contributed by atoms with E-state index in [1.165, 1.54) is 0 Å². The molecule has 0 aromatic heterocycles. The average molecular weight is 310 g/mol. The molecular weight excluding hydrogens is 294 g/mol. The summed E-state index contributed by atoms with van der Waals surface area (Å²) in [5.41, 5.74) is 6.28. The Kier molecular flexibility index (Phi) is 5.44. The standard InChI is InChI=1S/C15H16ClNO2S/c16-13-8-4-9-14(17)15(13)20(18)11-5-10-19-12-6-2-1-3-7-12/h1-4,6-9H,5,10-11,17H2. The van der Waals surface area contributed by atoms with Crippen LogP contribution < -0.4 is 10.5 Å². The highest BCUT2D eigenvalue weighted by molar-refractivity contribution is 7.85. The van der Waals surface area contributed by atoms with Gasteiger partial charge in [0.25, 0.3) is 0 Å². The van der Waals surface area contributed by atoms with E-state index >= 15 is 0 Å². The molecule has 0 saturated carbocycles. The molecule has 20 heavy (non-hydrogen) atoms. The quantitative estimate of drug-likeness (QED) is 0.656. The van der Waals surface area contributed by atoms with Crippen LogP contribution in [-0.2, 0) is 10.8 Å². The van der Waals surface area contributed by atoms with Crippen molar-refractivity contribution < 1.29 is 8.95 Å². The number of rotatable bonds is 6. The van der Waals surface area contributed by atoms with Gasteiger partial charge in [-0.05, 0) is 30.7 Å². The van der Waals surface area contributed by atoms with Gasteiger partial charge >= 0.3 is 0 Å². The second-order valence-electron chi connectivity index (χ2n) is 4.22. The summed E-state index contributed by atoms with van der Waals surface area (Å²) in [5, 5.41) is 0.451. The molecule has 0 saturated heterocycles. The van der Waals surface area contributed by atoms with Gasteiger partial charge in [0.2, 0.25) is 0 Å². The van der Waals surface area contributed by atoms with Crippen molar-refractivity contribution in [3.05, 3.63) is 53.6 Å². The second kappa shape index (κ2) is 7.31. The molecule has 2 aromatic carbocycles. The van der Waals surface area contributed by atoms with Crippen LogP contribution in [0.4, 0.5) is 5.69 Å². The maximum Gasteiger partial charge on any atom is 0.119 e. The molecular formula is C15H16ClNO2S. The van der Waals surface area contributed by atoms with Gasteiger partial charge in [-0.25, -0.2) is 0 Å². The Bertz CT molecular complexity index is 569. The first-order valence-electron chi connectivity index (χ1n) is 6.28. The number of anilines is 1. The van der Waals surface area contributed by atoms with E-state index in [0.717, 1.165) is 5.75 Å². The minimum atomic E-state index is -1.20. The van der Waals surface area contributed by atoms with Crippen molar-refractivity contribution in [1.82, 2.24) is 0 Å². The Labute approximate surface area is 126 Å². The largest absolute Gasteiger partial charge is 0.494 e. The van der Waals surface area contributed by atoms with Crippen molar-refractivity contribution in [2.45, 2.75) is 11.3 Å². The zero-order chi connectivity index (χ0) is 14.4. The number of benzene rings is 2. The summed E-state index contributed by atoms with van der Waals surface area (Å²) in [5.74, 6) is 1.29. The highest BCUT2D eigenvalue weighted by Crippen LogP contribution is 2.26. The molecule has 0 aliphatic carbocycles. The van der Waals surface area contributed by atoms with Crippen LogP contribution in [0.1, 0.15) is 6.42 Å². The Morgan fingerprint density at radius 2 is 1.85 bits per heavy atom. The van der Waals surface area contributed by atoms with E-state index in [2.05, 4.69) is 0 Å². The molecule has 1 atom stereocenters. The third kappa shape index (κ3) is 3.99. The summed E-state index contributed by atoms with van der Waals surface area (Å²) in [6.45, 7) is 0.514. The van der Waals surface area contributed by atoms with Crippen LogP contribution >= 0.6 is 11.6 Å². The van der Waals surface area contributed by atoms with Gasteiger partial charge in [-0.1, -0.05) is 35.9 Å². The number of halogens is 1. The predicted molar refractivity (Wildman–Crippen MR) is 83.7 cm³/mol. The first kappa shape index (κ1) is 14.9. The maximum atomic E-state index is 12.2. The zero-order valence-electron chi connectivity index (χ0n) is 10.9. The van der Waals surface area contributed by atoms with Crippen LogP contribution in [-0.4, -0.2) is 16.6 Å². The third-order valence-corrected chi connectivity index (χ3v) is 4.71. The first-order chi connectivity index (χ1) is 9.68. The molecule has 0 fully saturated rings. The van der Waals surface area contributed by atoms with E-state index in [1.807, 2.05) is 30.3 Å². The fourth-order valence-electron chi connectivity index (χ4n) is 1.76. The van der Waals surface area contributed by atoms with Crippen LogP contribution in [0.3, 0.4) is 0 Å². The van der Waals surface area contributed by atoms with Crippen molar-refractivity contribution in [1.29, 1.82) is 0 Å². The smallest absolute Gasteiger partial charge is 0.119 e. The molecule has 0 radical (unpaired) electrons. The number of hydrogen-bond donors (Lipinski definition) is 1. The van der Waals surface area contributed by atoms with Gasteiger partial charge < -0.3 is 10.5 Å². The second-order valence-corrected chi connectivity index (χ2v) is 6.14. The van der Waals surface area contributed by atoms with Crippen molar-refractivity contribution in [3.63, 3.8) is 0 Å². The van der Waals surface area contributed by atoms with Crippen molar-refractivity contribution in [2.24, 2.45) is 0 Å². The normalized spacial score (nSPS) is 12.1. The lowest BCUT2D eigenvalue weighted by Gasteiger charge is -2.08. The molecule has 0 aliphatic heterocycles. The molecule has 3 nitrogen and oxygen atoms in total. The molecule has 0 aliphatic rings. The summed E-state index contributed by atoms with van der Waals surface area (Å²) in [6, 6.07) is 14.7. The lowest BCUT2D eigenvalue weighted by atomic mass is 10.3. The fraction of sp³-hybridized carbons (Fsp3) is 0.200. The molecule has 5 heteroatoms. The Morgan fingerprint density at radius 1 is 1.10 bits per heavy atom. The van der Waals surface area contributed by atoms with Gasteiger partial charge in [-0.2, -0.15) is 0 Å². The van der Waals surface area contributed by atoms with Crippen LogP contribution in [0.25, 0.3) is 0 Å². The van der Waals surface area contributed by atoms with Crippen molar-refractivity contribution in [3.8, 4) is 5.75 Å². The van der Waals surface area contributed by atoms with E-state index in [0.29, 0.717) is 34.4 Å². The zero-order valence-corrected chi connectivity index (χ0v) is 12.5. The number of ether oxygens (including phenoxy) is 1.